The Hall–Kier alpha value is -2.71. The van der Waals surface area contributed by atoms with Gasteiger partial charge in [0.15, 0.2) is 5.78 Å². The first-order valence-electron chi connectivity index (χ1n) is 7.58. The maximum atomic E-state index is 13.2. The van der Waals surface area contributed by atoms with Crippen LogP contribution in [-0.4, -0.2) is 5.78 Å². The number of carbonyl (C=O) groups excluding carboxylic acids is 1. The predicted molar refractivity (Wildman–Crippen MR) is 96.1 cm³/mol. The van der Waals surface area contributed by atoms with E-state index in [1.165, 1.54) is 0 Å². The highest BCUT2D eigenvalue weighted by atomic mass is 32.1. The highest BCUT2D eigenvalue weighted by molar-refractivity contribution is 7.13. The molecule has 1 heterocycles. The molecule has 1 aliphatic carbocycles. The summed E-state index contributed by atoms with van der Waals surface area (Å²) in [5.41, 5.74) is 4.89. The number of rotatable bonds is 1. The molecule has 1 aromatic heterocycles. The molecule has 0 radical (unpaired) electrons. The van der Waals surface area contributed by atoms with E-state index in [0.717, 1.165) is 43.5 Å². The summed E-state index contributed by atoms with van der Waals surface area (Å²) >= 11 is 1.68. The summed E-state index contributed by atoms with van der Waals surface area (Å²) in [6, 6.07) is 22.5. The van der Waals surface area contributed by atoms with E-state index in [4.69, 9.17) is 0 Å². The number of hydrogen-bond acceptors (Lipinski definition) is 2. The van der Waals surface area contributed by atoms with Crippen molar-refractivity contribution in [1.29, 1.82) is 0 Å². The molecule has 0 spiro atoms. The van der Waals surface area contributed by atoms with E-state index < -0.39 is 0 Å². The zero-order valence-electron chi connectivity index (χ0n) is 12.2. The average molecular weight is 312 g/mol. The van der Waals surface area contributed by atoms with Crippen LogP contribution in [-0.2, 0) is 0 Å². The van der Waals surface area contributed by atoms with Crippen LogP contribution in [0.4, 0.5) is 0 Å². The van der Waals surface area contributed by atoms with Crippen LogP contribution in [0.25, 0.3) is 32.3 Å². The van der Waals surface area contributed by atoms with Gasteiger partial charge in [0.1, 0.15) is 0 Å². The van der Waals surface area contributed by atoms with E-state index in [9.17, 15) is 4.79 Å². The number of fused-ring (bicyclic) bond motifs is 2. The van der Waals surface area contributed by atoms with Crippen LogP contribution >= 0.6 is 11.3 Å². The molecule has 0 saturated carbocycles. The number of benzene rings is 3. The molecule has 1 aliphatic rings. The van der Waals surface area contributed by atoms with E-state index in [-0.39, 0.29) is 5.78 Å². The third-order valence-corrected chi connectivity index (χ3v) is 5.42. The Bertz CT molecular complexity index is 1070. The second-order valence-corrected chi connectivity index (χ2v) is 6.69. The first kappa shape index (κ1) is 12.8. The number of thiophene rings is 1. The Kier molecular flexibility index (Phi) is 2.58. The highest BCUT2D eigenvalue weighted by Crippen LogP contribution is 2.43. The maximum absolute atomic E-state index is 13.2. The van der Waals surface area contributed by atoms with Crippen molar-refractivity contribution in [2.24, 2.45) is 0 Å². The maximum Gasteiger partial charge on any atom is 0.194 e. The second kappa shape index (κ2) is 4.64. The standard InChI is InChI=1S/C21H12OS/c22-21-16-7-2-1-6-14(16)15-8-3-5-13-10-11-17(20(21)19(13)15)18-9-4-12-23-18/h1-12H. The van der Waals surface area contributed by atoms with Gasteiger partial charge in [-0.3, -0.25) is 4.79 Å². The molecule has 0 unspecified atom stereocenters. The van der Waals surface area contributed by atoms with E-state index in [1.807, 2.05) is 30.3 Å². The summed E-state index contributed by atoms with van der Waals surface area (Å²) in [7, 11) is 0. The van der Waals surface area contributed by atoms with Crippen LogP contribution < -0.4 is 0 Å². The van der Waals surface area contributed by atoms with Gasteiger partial charge in [-0.2, -0.15) is 0 Å². The van der Waals surface area contributed by atoms with Gasteiger partial charge >= 0.3 is 0 Å². The molecule has 0 aliphatic heterocycles. The van der Waals surface area contributed by atoms with E-state index in [0.29, 0.717) is 0 Å². The predicted octanol–water partition coefficient (Wildman–Crippen LogP) is 5.78. The molecule has 5 rings (SSSR count). The first-order chi connectivity index (χ1) is 11.3. The van der Waals surface area contributed by atoms with Gasteiger partial charge in [-0.15, -0.1) is 11.3 Å². The molecule has 0 N–H and O–H groups in total. The number of hydrogen-bond donors (Lipinski definition) is 0. The van der Waals surface area contributed by atoms with Crippen LogP contribution in [0.5, 0.6) is 0 Å². The van der Waals surface area contributed by atoms with Crippen molar-refractivity contribution in [3.8, 4) is 21.6 Å². The van der Waals surface area contributed by atoms with E-state index in [2.05, 4.69) is 41.8 Å². The number of carbonyl (C=O) groups is 1. The van der Waals surface area contributed by atoms with Crippen molar-refractivity contribution in [2.45, 2.75) is 0 Å². The van der Waals surface area contributed by atoms with Crippen molar-refractivity contribution in [3.05, 3.63) is 83.2 Å². The quantitative estimate of drug-likeness (QED) is 0.383. The van der Waals surface area contributed by atoms with Crippen molar-refractivity contribution in [3.63, 3.8) is 0 Å². The van der Waals surface area contributed by atoms with Gasteiger partial charge in [-0.25, -0.2) is 0 Å². The fourth-order valence-corrected chi connectivity index (χ4v) is 4.29. The highest BCUT2D eigenvalue weighted by Gasteiger charge is 2.27. The normalized spacial score (nSPS) is 12.4. The fourth-order valence-electron chi connectivity index (χ4n) is 3.53. The Balaban J connectivity index is 1.99. The average Bonchev–Trinajstić information content (AvgIpc) is 3.13. The molecule has 0 bridgehead atoms. The molecule has 0 amide bonds. The van der Waals surface area contributed by atoms with Crippen LogP contribution in [0.15, 0.2) is 72.1 Å². The van der Waals surface area contributed by atoms with Gasteiger partial charge in [-0.1, -0.05) is 60.7 Å². The van der Waals surface area contributed by atoms with Crippen molar-refractivity contribution < 1.29 is 4.79 Å². The topological polar surface area (TPSA) is 17.1 Å². The van der Waals surface area contributed by atoms with Gasteiger partial charge in [0, 0.05) is 27.0 Å². The molecule has 2 heteroatoms. The van der Waals surface area contributed by atoms with Crippen molar-refractivity contribution >= 4 is 27.9 Å². The zero-order valence-corrected chi connectivity index (χ0v) is 13.1. The monoisotopic (exact) mass is 312 g/mol. The van der Waals surface area contributed by atoms with Gasteiger partial charge in [-0.05, 0) is 28.0 Å². The minimum Gasteiger partial charge on any atom is -0.289 e. The first-order valence-corrected chi connectivity index (χ1v) is 8.46. The molecule has 0 atom stereocenters. The Labute approximate surface area is 137 Å². The van der Waals surface area contributed by atoms with Crippen LogP contribution in [0.3, 0.4) is 0 Å². The second-order valence-electron chi connectivity index (χ2n) is 5.74. The van der Waals surface area contributed by atoms with E-state index >= 15 is 0 Å². The lowest BCUT2D eigenvalue weighted by Crippen LogP contribution is -2.11. The van der Waals surface area contributed by atoms with Gasteiger partial charge < -0.3 is 0 Å². The molecule has 1 nitrogen and oxygen atoms in total. The lowest BCUT2D eigenvalue weighted by atomic mass is 9.80. The van der Waals surface area contributed by atoms with Crippen LogP contribution in [0.2, 0.25) is 0 Å². The smallest absolute Gasteiger partial charge is 0.194 e. The van der Waals surface area contributed by atoms with Gasteiger partial charge in [0.05, 0.1) is 0 Å². The summed E-state index contributed by atoms with van der Waals surface area (Å²) in [4.78, 5) is 14.4. The summed E-state index contributed by atoms with van der Waals surface area (Å²) in [6.07, 6.45) is 0. The molecule has 3 aromatic carbocycles. The van der Waals surface area contributed by atoms with Gasteiger partial charge in [0.2, 0.25) is 0 Å². The Morgan fingerprint density at radius 1 is 0.652 bits per heavy atom. The molecule has 23 heavy (non-hydrogen) atoms. The minimum absolute atomic E-state index is 0.133. The lowest BCUT2D eigenvalue weighted by molar-refractivity contribution is 0.104. The summed E-state index contributed by atoms with van der Waals surface area (Å²) in [5, 5.41) is 4.27. The number of ketones is 1. The fraction of sp³-hybridized carbons (Fsp3) is 0. The summed E-state index contributed by atoms with van der Waals surface area (Å²) in [5.74, 6) is 0.133. The summed E-state index contributed by atoms with van der Waals surface area (Å²) < 4.78 is 0. The molecule has 0 fully saturated rings. The Morgan fingerprint density at radius 2 is 1.48 bits per heavy atom. The zero-order chi connectivity index (χ0) is 15.4. The third-order valence-electron chi connectivity index (χ3n) is 4.52. The van der Waals surface area contributed by atoms with Crippen LogP contribution in [0, 0.1) is 0 Å². The third kappa shape index (κ3) is 1.70. The van der Waals surface area contributed by atoms with E-state index in [1.54, 1.807) is 11.3 Å². The largest absolute Gasteiger partial charge is 0.289 e. The minimum atomic E-state index is 0.133. The lowest BCUT2D eigenvalue weighted by Gasteiger charge is -2.21. The van der Waals surface area contributed by atoms with Gasteiger partial charge in [0.25, 0.3) is 0 Å². The van der Waals surface area contributed by atoms with Crippen LogP contribution in [0.1, 0.15) is 15.9 Å². The molecular formula is C21H12OS. The molecule has 4 aromatic rings. The molecule has 0 saturated heterocycles. The van der Waals surface area contributed by atoms with Crippen molar-refractivity contribution in [2.75, 3.05) is 0 Å². The summed E-state index contributed by atoms with van der Waals surface area (Å²) in [6.45, 7) is 0. The van der Waals surface area contributed by atoms with Crippen molar-refractivity contribution in [1.82, 2.24) is 0 Å². The Morgan fingerprint density at radius 3 is 2.30 bits per heavy atom. The SMILES string of the molecule is O=C1c2ccccc2-c2cccc3ccc(-c4cccs4)c1c23. The molecule has 108 valence electrons. The molecular weight excluding hydrogens is 300 g/mol.